The first-order chi connectivity index (χ1) is 11.0. The number of anilines is 1. The monoisotopic (exact) mass is 325 g/mol. The molecule has 0 radical (unpaired) electrons. The van der Waals surface area contributed by atoms with Crippen molar-refractivity contribution in [1.29, 1.82) is 0 Å². The van der Waals surface area contributed by atoms with Crippen LogP contribution in [-0.2, 0) is 4.79 Å². The van der Waals surface area contributed by atoms with Crippen LogP contribution in [0.5, 0.6) is 5.75 Å². The van der Waals surface area contributed by atoms with Gasteiger partial charge in [0.25, 0.3) is 5.91 Å². The van der Waals surface area contributed by atoms with E-state index in [4.69, 9.17) is 16.3 Å². The van der Waals surface area contributed by atoms with Gasteiger partial charge in [-0.15, -0.1) is 0 Å². The van der Waals surface area contributed by atoms with Crippen LogP contribution in [0.1, 0.15) is 16.7 Å². The van der Waals surface area contributed by atoms with Gasteiger partial charge in [0.1, 0.15) is 5.75 Å². The highest BCUT2D eigenvalue weighted by atomic mass is 35.5. The Morgan fingerprint density at radius 3 is 2.83 bits per heavy atom. The third-order valence-electron chi connectivity index (χ3n) is 3.84. The Kier molecular flexibility index (Phi) is 4.22. The molecule has 23 heavy (non-hydrogen) atoms. The molecule has 2 aromatic rings. The third kappa shape index (κ3) is 3.30. The lowest BCUT2D eigenvalue weighted by atomic mass is 10.1. The second-order valence-electron chi connectivity index (χ2n) is 5.40. The Labute approximate surface area is 140 Å². The van der Waals surface area contributed by atoms with Crippen LogP contribution in [0, 0.1) is 13.8 Å². The second kappa shape index (κ2) is 6.31. The van der Waals surface area contributed by atoms with Gasteiger partial charge in [-0.25, -0.2) is 0 Å². The van der Waals surface area contributed by atoms with Gasteiger partial charge >= 0.3 is 0 Å². The van der Waals surface area contributed by atoms with Gasteiger partial charge in [-0.2, -0.15) is 0 Å². The molecule has 0 saturated heterocycles. The topological polar surface area (TPSA) is 38.3 Å². The van der Waals surface area contributed by atoms with Crippen LogP contribution in [-0.4, -0.2) is 5.91 Å². The van der Waals surface area contributed by atoms with Crippen molar-refractivity contribution < 1.29 is 9.53 Å². The van der Waals surface area contributed by atoms with Crippen molar-refractivity contribution in [3.63, 3.8) is 0 Å². The zero-order valence-electron chi connectivity index (χ0n) is 12.9. The van der Waals surface area contributed by atoms with Crippen LogP contribution >= 0.6 is 11.6 Å². The number of ether oxygens (including phenoxy) is 1. The molecule has 1 heterocycles. The average Bonchev–Trinajstić information content (AvgIpc) is 2.73. The Morgan fingerprint density at radius 1 is 1.17 bits per heavy atom. The number of benzene rings is 2. The SMILES string of the molecule is Cc1cccc(NC(=O)C2=Cc3cc(Cl)ccc3OC=C2)c1C. The fraction of sp³-hybridized carbons (Fsp3) is 0.105. The summed E-state index contributed by atoms with van der Waals surface area (Å²) in [7, 11) is 0. The van der Waals surface area contributed by atoms with Gasteiger partial charge in [0.15, 0.2) is 0 Å². The van der Waals surface area contributed by atoms with Crippen LogP contribution in [0.15, 0.2) is 54.3 Å². The Hall–Kier alpha value is -2.52. The lowest BCUT2D eigenvalue weighted by molar-refractivity contribution is -0.112. The van der Waals surface area contributed by atoms with Crippen molar-refractivity contribution in [3.8, 4) is 5.75 Å². The van der Waals surface area contributed by atoms with Crippen molar-refractivity contribution in [2.75, 3.05) is 5.32 Å². The highest BCUT2D eigenvalue weighted by molar-refractivity contribution is 6.30. The molecule has 1 N–H and O–H groups in total. The molecule has 116 valence electrons. The number of carbonyl (C=O) groups is 1. The minimum Gasteiger partial charge on any atom is -0.464 e. The number of rotatable bonds is 2. The summed E-state index contributed by atoms with van der Waals surface area (Å²) in [5.41, 5.74) is 4.27. The first-order valence-corrected chi connectivity index (χ1v) is 7.64. The lowest BCUT2D eigenvalue weighted by Crippen LogP contribution is -2.14. The molecule has 0 saturated carbocycles. The number of fused-ring (bicyclic) bond motifs is 1. The number of hydrogen-bond donors (Lipinski definition) is 1. The molecule has 1 aliphatic rings. The van der Waals surface area contributed by atoms with Gasteiger partial charge in [-0.3, -0.25) is 4.79 Å². The van der Waals surface area contributed by atoms with Crippen LogP contribution in [0.3, 0.4) is 0 Å². The minimum absolute atomic E-state index is 0.189. The van der Waals surface area contributed by atoms with E-state index in [9.17, 15) is 4.79 Å². The number of carbonyl (C=O) groups excluding carboxylic acids is 1. The lowest BCUT2D eigenvalue weighted by Gasteiger charge is -2.10. The fourth-order valence-corrected chi connectivity index (χ4v) is 2.54. The van der Waals surface area contributed by atoms with Crippen molar-refractivity contribution in [2.45, 2.75) is 13.8 Å². The Morgan fingerprint density at radius 2 is 2.00 bits per heavy atom. The molecular formula is C19H16ClNO2. The van der Waals surface area contributed by atoms with E-state index in [1.807, 2.05) is 32.0 Å². The van der Waals surface area contributed by atoms with E-state index in [0.29, 0.717) is 16.3 Å². The summed E-state index contributed by atoms with van der Waals surface area (Å²) in [6, 6.07) is 11.1. The van der Waals surface area contributed by atoms with E-state index in [1.165, 1.54) is 6.26 Å². The highest BCUT2D eigenvalue weighted by Gasteiger charge is 2.13. The summed E-state index contributed by atoms with van der Waals surface area (Å²) in [5, 5.41) is 3.54. The number of aryl methyl sites for hydroxylation is 1. The average molecular weight is 326 g/mol. The molecular weight excluding hydrogens is 310 g/mol. The van der Waals surface area contributed by atoms with Gasteiger partial charge in [-0.05, 0) is 61.4 Å². The van der Waals surface area contributed by atoms with Crippen LogP contribution in [0.2, 0.25) is 5.02 Å². The number of hydrogen-bond acceptors (Lipinski definition) is 2. The molecule has 2 aromatic carbocycles. The molecule has 0 unspecified atom stereocenters. The Bertz CT molecular complexity index is 837. The first-order valence-electron chi connectivity index (χ1n) is 7.26. The first kappa shape index (κ1) is 15.4. The molecule has 0 fully saturated rings. The van der Waals surface area contributed by atoms with Crippen LogP contribution in [0.25, 0.3) is 6.08 Å². The van der Waals surface area contributed by atoms with E-state index >= 15 is 0 Å². The molecule has 0 spiro atoms. The van der Waals surface area contributed by atoms with E-state index in [-0.39, 0.29) is 5.91 Å². The van der Waals surface area contributed by atoms with Crippen molar-refractivity contribution in [1.82, 2.24) is 0 Å². The smallest absolute Gasteiger partial charge is 0.255 e. The number of halogens is 1. The summed E-state index contributed by atoms with van der Waals surface area (Å²) in [6.07, 6.45) is 4.92. The Balaban J connectivity index is 1.91. The van der Waals surface area contributed by atoms with Crippen molar-refractivity contribution >= 4 is 29.3 Å². The largest absolute Gasteiger partial charge is 0.464 e. The zero-order chi connectivity index (χ0) is 16.4. The van der Waals surface area contributed by atoms with Gasteiger partial charge in [0.05, 0.1) is 6.26 Å². The highest BCUT2D eigenvalue weighted by Crippen LogP contribution is 2.28. The van der Waals surface area contributed by atoms with Gasteiger partial charge in [-0.1, -0.05) is 23.7 Å². The quantitative estimate of drug-likeness (QED) is 0.854. The summed E-state index contributed by atoms with van der Waals surface area (Å²) >= 11 is 6.02. The maximum absolute atomic E-state index is 12.6. The fourth-order valence-electron chi connectivity index (χ4n) is 2.36. The molecule has 0 atom stereocenters. The predicted octanol–water partition coefficient (Wildman–Crippen LogP) is 4.89. The van der Waals surface area contributed by atoms with E-state index in [1.54, 1.807) is 30.4 Å². The minimum atomic E-state index is -0.189. The van der Waals surface area contributed by atoms with E-state index < -0.39 is 0 Å². The summed E-state index contributed by atoms with van der Waals surface area (Å²) < 4.78 is 5.51. The molecule has 0 aliphatic carbocycles. The van der Waals surface area contributed by atoms with Gasteiger partial charge < -0.3 is 10.1 Å². The standard InChI is InChI=1S/C19H16ClNO2/c1-12-4-3-5-17(13(12)2)21-19(22)14-8-9-23-18-7-6-16(20)11-15(18)10-14/h3-11H,1-2H3,(H,21,22). The molecule has 1 amide bonds. The van der Waals surface area contributed by atoms with Crippen LogP contribution < -0.4 is 10.1 Å². The third-order valence-corrected chi connectivity index (χ3v) is 4.08. The van der Waals surface area contributed by atoms with Gasteiger partial charge in [0, 0.05) is 21.8 Å². The summed E-state index contributed by atoms with van der Waals surface area (Å²) in [4.78, 5) is 12.6. The van der Waals surface area contributed by atoms with E-state index in [2.05, 4.69) is 5.32 Å². The molecule has 3 rings (SSSR count). The maximum Gasteiger partial charge on any atom is 0.255 e. The number of amides is 1. The van der Waals surface area contributed by atoms with Gasteiger partial charge in [0.2, 0.25) is 0 Å². The van der Waals surface area contributed by atoms with E-state index in [0.717, 1.165) is 22.4 Å². The molecule has 1 aliphatic heterocycles. The predicted molar refractivity (Wildman–Crippen MR) is 93.7 cm³/mol. The second-order valence-corrected chi connectivity index (χ2v) is 5.84. The molecule has 3 nitrogen and oxygen atoms in total. The van der Waals surface area contributed by atoms with Crippen molar-refractivity contribution in [2.24, 2.45) is 0 Å². The maximum atomic E-state index is 12.6. The summed E-state index contributed by atoms with van der Waals surface area (Å²) in [6.45, 7) is 4.00. The summed E-state index contributed by atoms with van der Waals surface area (Å²) in [5.74, 6) is 0.478. The normalized spacial score (nSPS) is 12.7. The van der Waals surface area contributed by atoms with Crippen LogP contribution in [0.4, 0.5) is 5.69 Å². The molecule has 0 bridgehead atoms. The zero-order valence-corrected chi connectivity index (χ0v) is 13.6. The molecule has 0 aromatic heterocycles. The molecule has 4 heteroatoms. The van der Waals surface area contributed by atoms with Crippen molar-refractivity contribution in [3.05, 3.63) is 76.0 Å². The number of nitrogens with one attached hydrogen (secondary N) is 1.